The maximum Gasteiger partial charge on any atom is 0.462 e. The van der Waals surface area contributed by atoms with Gasteiger partial charge in [0, 0.05) is 6.32 Å². The number of rotatable bonds is 2. The largest absolute Gasteiger partial charge is 0.462 e. The highest BCUT2D eigenvalue weighted by atomic mass is 16.7. The number of hydrogen-bond donors (Lipinski definition) is 0. The summed E-state index contributed by atoms with van der Waals surface area (Å²) in [6.07, 6.45) is 4.11. The Kier molecular flexibility index (Phi) is 2.58. The van der Waals surface area contributed by atoms with Gasteiger partial charge in [0.25, 0.3) is 0 Å². The highest BCUT2D eigenvalue weighted by molar-refractivity contribution is 6.44. The van der Waals surface area contributed by atoms with Crippen LogP contribution < -0.4 is 0 Å². The molecular formula is C16H21BO2. The molecule has 0 N–H and O–H groups in total. The lowest BCUT2D eigenvalue weighted by Crippen LogP contribution is -2.59. The Bertz CT molecular complexity index is 473. The van der Waals surface area contributed by atoms with Gasteiger partial charge in [0.1, 0.15) is 0 Å². The molecule has 1 heterocycles. The first kappa shape index (κ1) is 12.0. The van der Waals surface area contributed by atoms with Gasteiger partial charge in [-0.25, -0.2) is 0 Å². The molecule has 2 bridgehead atoms. The lowest BCUT2D eigenvalue weighted by Gasteiger charge is -2.60. The molecule has 1 aliphatic heterocycles. The van der Waals surface area contributed by atoms with Gasteiger partial charge in [0.2, 0.25) is 0 Å². The summed E-state index contributed by atoms with van der Waals surface area (Å²) in [6, 6.07) is 10.5. The Morgan fingerprint density at radius 2 is 1.95 bits per heavy atom. The Morgan fingerprint density at radius 1 is 1.16 bits per heavy atom. The van der Waals surface area contributed by atoms with Crippen molar-refractivity contribution in [2.24, 2.45) is 17.3 Å². The van der Waals surface area contributed by atoms with Gasteiger partial charge in [-0.15, -0.1) is 0 Å². The minimum absolute atomic E-state index is 0.0347. The first-order valence-electron chi connectivity index (χ1n) is 7.49. The Morgan fingerprint density at radius 3 is 2.68 bits per heavy atom. The molecule has 1 aromatic rings. The standard InChI is InChI=1S/C16H21BO2/c1-16(2)12-8-13(16)15-14(9-12)18-17(19-15)10-11-6-4-3-5-7-11/h3-7,12-15H,8-10H2,1-2H3. The van der Waals surface area contributed by atoms with Crippen molar-refractivity contribution < 1.29 is 9.31 Å². The van der Waals surface area contributed by atoms with E-state index >= 15 is 0 Å². The predicted octanol–water partition coefficient (Wildman–Crippen LogP) is 3.11. The average molecular weight is 256 g/mol. The summed E-state index contributed by atoms with van der Waals surface area (Å²) in [5.41, 5.74) is 1.77. The zero-order chi connectivity index (χ0) is 13.0. The van der Waals surface area contributed by atoms with Crippen molar-refractivity contribution in [1.29, 1.82) is 0 Å². The summed E-state index contributed by atoms with van der Waals surface area (Å²) in [7, 11) is -0.0347. The lowest BCUT2D eigenvalue weighted by molar-refractivity contribution is -0.150. The Hall–Kier alpha value is -0.795. The molecule has 0 radical (unpaired) electrons. The molecule has 5 rings (SSSR count). The zero-order valence-electron chi connectivity index (χ0n) is 11.7. The summed E-state index contributed by atoms with van der Waals surface area (Å²) in [5.74, 6) is 1.55. The summed E-state index contributed by atoms with van der Waals surface area (Å²) < 4.78 is 12.4. The van der Waals surface area contributed by atoms with Gasteiger partial charge < -0.3 is 9.31 Å². The molecule has 0 amide bonds. The van der Waals surface area contributed by atoms with Crippen molar-refractivity contribution in [3.63, 3.8) is 0 Å². The van der Waals surface area contributed by atoms with E-state index in [2.05, 4.69) is 44.2 Å². The van der Waals surface area contributed by atoms with Crippen LogP contribution in [0.1, 0.15) is 32.3 Å². The van der Waals surface area contributed by atoms with E-state index in [9.17, 15) is 0 Å². The van der Waals surface area contributed by atoms with Crippen molar-refractivity contribution in [2.45, 2.75) is 45.2 Å². The first-order valence-corrected chi connectivity index (χ1v) is 7.49. The van der Waals surface area contributed by atoms with Gasteiger partial charge in [-0.3, -0.25) is 0 Å². The monoisotopic (exact) mass is 256 g/mol. The van der Waals surface area contributed by atoms with Gasteiger partial charge in [-0.05, 0) is 30.1 Å². The third-order valence-electron chi connectivity index (χ3n) is 5.71. The van der Waals surface area contributed by atoms with Crippen LogP contribution in [-0.2, 0) is 15.6 Å². The minimum atomic E-state index is -0.0347. The summed E-state index contributed by atoms with van der Waals surface area (Å²) in [6.45, 7) is 4.80. The van der Waals surface area contributed by atoms with Crippen molar-refractivity contribution in [3.8, 4) is 0 Å². The molecule has 1 aromatic carbocycles. The third kappa shape index (κ3) is 1.79. The fourth-order valence-corrected chi connectivity index (χ4v) is 4.31. The van der Waals surface area contributed by atoms with Crippen molar-refractivity contribution in [3.05, 3.63) is 35.9 Å². The topological polar surface area (TPSA) is 18.5 Å². The molecule has 1 saturated heterocycles. The van der Waals surface area contributed by atoms with Gasteiger partial charge in [-0.2, -0.15) is 0 Å². The van der Waals surface area contributed by atoms with Crippen LogP contribution in [0.15, 0.2) is 30.3 Å². The van der Waals surface area contributed by atoms with Crippen molar-refractivity contribution in [2.75, 3.05) is 0 Å². The normalized spacial score (nSPS) is 38.7. The zero-order valence-corrected chi connectivity index (χ0v) is 11.7. The van der Waals surface area contributed by atoms with E-state index in [0.29, 0.717) is 23.5 Å². The van der Waals surface area contributed by atoms with Gasteiger partial charge >= 0.3 is 7.12 Å². The second kappa shape index (κ2) is 4.10. The van der Waals surface area contributed by atoms with Crippen LogP contribution in [0.3, 0.4) is 0 Å². The third-order valence-corrected chi connectivity index (χ3v) is 5.71. The first-order chi connectivity index (χ1) is 9.14. The van der Waals surface area contributed by atoms with Crippen LogP contribution in [0.25, 0.3) is 0 Å². The van der Waals surface area contributed by atoms with E-state index in [0.717, 1.165) is 12.2 Å². The van der Waals surface area contributed by atoms with E-state index in [1.165, 1.54) is 18.4 Å². The second-order valence-electron chi connectivity index (χ2n) is 6.99. The smallest absolute Gasteiger partial charge is 0.405 e. The van der Waals surface area contributed by atoms with Gasteiger partial charge in [-0.1, -0.05) is 49.7 Å². The minimum Gasteiger partial charge on any atom is -0.405 e. The molecule has 4 atom stereocenters. The van der Waals surface area contributed by atoms with E-state index in [-0.39, 0.29) is 7.12 Å². The molecule has 4 unspecified atom stereocenters. The van der Waals surface area contributed by atoms with Crippen molar-refractivity contribution >= 4 is 7.12 Å². The molecule has 19 heavy (non-hydrogen) atoms. The fraction of sp³-hybridized carbons (Fsp3) is 0.625. The highest BCUT2D eigenvalue weighted by Crippen LogP contribution is 2.61. The molecule has 3 saturated carbocycles. The number of benzene rings is 1. The van der Waals surface area contributed by atoms with E-state index in [1.54, 1.807) is 0 Å². The lowest BCUT2D eigenvalue weighted by atomic mass is 9.47. The molecule has 4 fully saturated rings. The summed E-state index contributed by atoms with van der Waals surface area (Å²) >= 11 is 0. The van der Waals surface area contributed by atoms with E-state index in [1.807, 2.05) is 0 Å². The summed E-state index contributed by atoms with van der Waals surface area (Å²) in [4.78, 5) is 0. The van der Waals surface area contributed by atoms with Crippen LogP contribution in [0.5, 0.6) is 0 Å². The van der Waals surface area contributed by atoms with Crippen LogP contribution in [0, 0.1) is 17.3 Å². The predicted molar refractivity (Wildman–Crippen MR) is 75.6 cm³/mol. The molecular weight excluding hydrogens is 235 g/mol. The molecule has 100 valence electrons. The van der Waals surface area contributed by atoms with Crippen LogP contribution in [-0.4, -0.2) is 19.3 Å². The van der Waals surface area contributed by atoms with Crippen LogP contribution >= 0.6 is 0 Å². The maximum absolute atomic E-state index is 6.23. The maximum atomic E-state index is 6.23. The average Bonchev–Trinajstić information content (AvgIpc) is 2.81. The highest BCUT2D eigenvalue weighted by Gasteiger charge is 2.61. The van der Waals surface area contributed by atoms with Crippen LogP contribution in [0.4, 0.5) is 0 Å². The second-order valence-corrected chi connectivity index (χ2v) is 6.99. The fourth-order valence-electron chi connectivity index (χ4n) is 4.31. The SMILES string of the molecule is CC1(C)C2CC3OB(Cc4ccccc4)OC3C1C2. The van der Waals surface area contributed by atoms with Gasteiger partial charge in [0.05, 0.1) is 12.2 Å². The van der Waals surface area contributed by atoms with Crippen molar-refractivity contribution in [1.82, 2.24) is 0 Å². The molecule has 0 aromatic heterocycles. The molecule has 3 aliphatic carbocycles. The summed E-state index contributed by atoms with van der Waals surface area (Å²) in [5, 5.41) is 0. The molecule has 0 spiro atoms. The van der Waals surface area contributed by atoms with E-state index in [4.69, 9.17) is 9.31 Å². The molecule has 2 nitrogen and oxygen atoms in total. The van der Waals surface area contributed by atoms with E-state index < -0.39 is 0 Å². The molecule has 4 aliphatic rings. The quantitative estimate of drug-likeness (QED) is 0.757. The van der Waals surface area contributed by atoms with Crippen LogP contribution in [0.2, 0.25) is 0 Å². The Labute approximate surface area is 115 Å². The molecule has 3 heteroatoms. The van der Waals surface area contributed by atoms with Gasteiger partial charge in [0.15, 0.2) is 0 Å². The Balaban J connectivity index is 1.46. The number of hydrogen-bond acceptors (Lipinski definition) is 2.